The lowest BCUT2D eigenvalue weighted by molar-refractivity contribution is -0.0465. The van der Waals surface area contributed by atoms with Gasteiger partial charge >= 0.3 is 0 Å². The molecular weight excluding hydrogens is 264 g/mol. The topological polar surface area (TPSA) is 64.3 Å². The van der Waals surface area contributed by atoms with Crippen molar-refractivity contribution in [2.45, 2.75) is 26.0 Å². The molecule has 0 bridgehead atoms. The van der Waals surface area contributed by atoms with Gasteiger partial charge in [-0.2, -0.15) is 0 Å². The molecule has 0 unspecified atom stereocenters. The molecule has 0 N–H and O–H groups in total. The van der Waals surface area contributed by atoms with Crippen molar-refractivity contribution in [2.24, 2.45) is 0 Å². The maximum absolute atomic E-state index is 5.78. The van der Waals surface area contributed by atoms with E-state index in [0.29, 0.717) is 18.4 Å². The first-order chi connectivity index (χ1) is 9.24. The van der Waals surface area contributed by atoms with Crippen LogP contribution in [0.25, 0.3) is 0 Å². The van der Waals surface area contributed by atoms with Gasteiger partial charge in [-0.05, 0) is 6.92 Å². The van der Waals surface area contributed by atoms with Crippen LogP contribution in [0.2, 0.25) is 0 Å². The minimum atomic E-state index is 0.0419. The number of hydrogen-bond donors (Lipinski definition) is 0. The number of aromatic nitrogens is 3. The van der Waals surface area contributed by atoms with Crippen molar-refractivity contribution < 1.29 is 9.15 Å². The van der Waals surface area contributed by atoms with E-state index in [0.717, 1.165) is 18.1 Å². The van der Waals surface area contributed by atoms with E-state index in [1.807, 2.05) is 11.6 Å². The molecular formula is C12H16N4O2S. The summed E-state index contributed by atoms with van der Waals surface area (Å²) in [5.74, 6) is 1.27. The van der Waals surface area contributed by atoms with E-state index in [4.69, 9.17) is 9.15 Å². The molecule has 0 amide bonds. The van der Waals surface area contributed by atoms with Crippen LogP contribution in [0.1, 0.15) is 35.9 Å². The van der Waals surface area contributed by atoms with Crippen molar-refractivity contribution in [2.75, 3.05) is 19.7 Å². The summed E-state index contributed by atoms with van der Waals surface area (Å²) < 4.78 is 11.3. The SMILES string of the molecule is Cc1nnc([C@H](C)N2CCO[C@H](c3nccs3)C2)o1. The van der Waals surface area contributed by atoms with E-state index in [-0.39, 0.29) is 12.1 Å². The minimum Gasteiger partial charge on any atom is -0.424 e. The third-order valence-electron chi connectivity index (χ3n) is 3.27. The quantitative estimate of drug-likeness (QED) is 0.856. The maximum atomic E-state index is 5.78. The Morgan fingerprint density at radius 2 is 2.37 bits per heavy atom. The smallest absolute Gasteiger partial charge is 0.233 e. The van der Waals surface area contributed by atoms with E-state index < -0.39 is 0 Å². The van der Waals surface area contributed by atoms with Crippen LogP contribution in [-0.4, -0.2) is 39.8 Å². The van der Waals surface area contributed by atoms with Gasteiger partial charge in [-0.15, -0.1) is 21.5 Å². The fourth-order valence-electron chi connectivity index (χ4n) is 2.20. The summed E-state index contributed by atoms with van der Waals surface area (Å²) in [4.78, 5) is 6.62. The van der Waals surface area contributed by atoms with Gasteiger partial charge in [0.1, 0.15) is 11.1 Å². The molecule has 1 aliphatic heterocycles. The van der Waals surface area contributed by atoms with Crippen LogP contribution in [0.4, 0.5) is 0 Å². The van der Waals surface area contributed by atoms with Gasteiger partial charge in [0.05, 0.1) is 12.6 Å². The summed E-state index contributed by atoms with van der Waals surface area (Å²) in [5.41, 5.74) is 0. The molecule has 3 rings (SSSR count). The molecule has 2 aromatic heterocycles. The van der Waals surface area contributed by atoms with Gasteiger partial charge in [-0.1, -0.05) is 0 Å². The molecule has 0 spiro atoms. The molecule has 7 heteroatoms. The first-order valence-corrected chi connectivity index (χ1v) is 7.17. The van der Waals surface area contributed by atoms with Crippen molar-refractivity contribution in [1.82, 2.24) is 20.1 Å². The van der Waals surface area contributed by atoms with Gasteiger partial charge in [-0.25, -0.2) is 4.98 Å². The molecule has 0 aromatic carbocycles. The first-order valence-electron chi connectivity index (χ1n) is 6.29. The summed E-state index contributed by atoms with van der Waals surface area (Å²) in [6.45, 7) is 6.25. The van der Waals surface area contributed by atoms with Gasteiger partial charge in [-0.3, -0.25) is 4.90 Å². The summed E-state index contributed by atoms with van der Waals surface area (Å²) in [7, 11) is 0. The van der Waals surface area contributed by atoms with E-state index in [1.54, 1.807) is 18.3 Å². The standard InChI is InChI=1S/C12H16N4O2S/c1-8(11-15-14-9(2)18-11)16-4-5-17-10(7-16)12-13-3-6-19-12/h3,6,8,10H,4-5,7H2,1-2H3/t8-,10-/m0/s1. The van der Waals surface area contributed by atoms with Gasteiger partial charge in [0.2, 0.25) is 11.8 Å². The van der Waals surface area contributed by atoms with Crippen molar-refractivity contribution in [3.63, 3.8) is 0 Å². The van der Waals surface area contributed by atoms with Crippen LogP contribution >= 0.6 is 11.3 Å². The number of aryl methyl sites for hydroxylation is 1. The predicted molar refractivity (Wildman–Crippen MR) is 69.8 cm³/mol. The summed E-state index contributed by atoms with van der Waals surface area (Å²) in [6.07, 6.45) is 1.85. The highest BCUT2D eigenvalue weighted by atomic mass is 32.1. The molecule has 0 saturated carbocycles. The average Bonchev–Trinajstić information content (AvgIpc) is 3.09. The summed E-state index contributed by atoms with van der Waals surface area (Å²) >= 11 is 1.63. The van der Waals surface area contributed by atoms with Gasteiger partial charge < -0.3 is 9.15 Å². The normalized spacial score (nSPS) is 22.5. The van der Waals surface area contributed by atoms with Crippen LogP contribution < -0.4 is 0 Å². The van der Waals surface area contributed by atoms with Gasteiger partial charge in [0.25, 0.3) is 0 Å². The molecule has 2 aromatic rings. The first kappa shape index (κ1) is 12.7. The zero-order valence-corrected chi connectivity index (χ0v) is 11.8. The van der Waals surface area contributed by atoms with Gasteiger partial charge in [0.15, 0.2) is 0 Å². The lowest BCUT2D eigenvalue weighted by atomic mass is 10.2. The van der Waals surface area contributed by atoms with Crippen molar-refractivity contribution in [1.29, 1.82) is 0 Å². The summed E-state index contributed by atoms with van der Waals surface area (Å²) in [6, 6.07) is 0.104. The van der Waals surface area contributed by atoms with Crippen LogP contribution in [0, 0.1) is 6.92 Å². The van der Waals surface area contributed by atoms with Crippen LogP contribution in [0.3, 0.4) is 0 Å². The molecule has 0 radical (unpaired) electrons. The lowest BCUT2D eigenvalue weighted by Gasteiger charge is -2.34. The fourth-order valence-corrected chi connectivity index (χ4v) is 2.88. The van der Waals surface area contributed by atoms with Crippen LogP contribution in [0.5, 0.6) is 0 Å². The highest BCUT2D eigenvalue weighted by Gasteiger charge is 2.29. The number of ether oxygens (including phenoxy) is 1. The van der Waals surface area contributed by atoms with E-state index in [2.05, 4.69) is 27.0 Å². The largest absolute Gasteiger partial charge is 0.424 e. The molecule has 0 aliphatic carbocycles. The monoisotopic (exact) mass is 280 g/mol. The third-order valence-corrected chi connectivity index (χ3v) is 4.14. The predicted octanol–water partition coefficient (Wildman–Crippen LogP) is 1.97. The molecule has 3 heterocycles. The molecule has 6 nitrogen and oxygen atoms in total. The minimum absolute atomic E-state index is 0.0419. The van der Waals surface area contributed by atoms with Crippen molar-refractivity contribution in [3.05, 3.63) is 28.4 Å². The fraction of sp³-hybridized carbons (Fsp3) is 0.583. The number of morpholine rings is 1. The number of hydrogen-bond acceptors (Lipinski definition) is 7. The third kappa shape index (κ3) is 2.68. The van der Waals surface area contributed by atoms with Crippen molar-refractivity contribution >= 4 is 11.3 Å². The molecule has 2 atom stereocenters. The zero-order chi connectivity index (χ0) is 13.2. The van der Waals surface area contributed by atoms with E-state index in [9.17, 15) is 0 Å². The zero-order valence-electron chi connectivity index (χ0n) is 10.9. The summed E-state index contributed by atoms with van der Waals surface area (Å²) in [5, 5.41) is 11.0. The molecule has 102 valence electrons. The highest BCUT2D eigenvalue weighted by Crippen LogP contribution is 2.28. The van der Waals surface area contributed by atoms with Gasteiger partial charge in [0, 0.05) is 31.6 Å². The molecule has 1 aliphatic rings. The molecule has 1 saturated heterocycles. The Morgan fingerprint density at radius 1 is 1.47 bits per heavy atom. The van der Waals surface area contributed by atoms with E-state index in [1.165, 1.54) is 0 Å². The molecule has 19 heavy (non-hydrogen) atoms. The maximum Gasteiger partial charge on any atom is 0.233 e. The van der Waals surface area contributed by atoms with Crippen molar-refractivity contribution in [3.8, 4) is 0 Å². The lowest BCUT2D eigenvalue weighted by Crippen LogP contribution is -2.39. The number of thiazole rings is 1. The van der Waals surface area contributed by atoms with Crippen LogP contribution in [-0.2, 0) is 4.74 Å². The number of nitrogens with zero attached hydrogens (tertiary/aromatic N) is 4. The Hall–Kier alpha value is -1.31. The Labute approximate surface area is 115 Å². The van der Waals surface area contributed by atoms with Crippen LogP contribution in [0.15, 0.2) is 16.0 Å². The Bertz CT molecular complexity index is 528. The second-order valence-corrected chi connectivity index (χ2v) is 5.49. The Morgan fingerprint density at radius 3 is 3.05 bits per heavy atom. The number of rotatable bonds is 3. The Kier molecular flexibility index (Phi) is 3.58. The second kappa shape index (κ2) is 5.36. The Balaban J connectivity index is 1.71. The second-order valence-electron chi connectivity index (χ2n) is 4.56. The van der Waals surface area contributed by atoms with E-state index >= 15 is 0 Å². The average molecular weight is 280 g/mol. The molecule has 1 fully saturated rings. The highest BCUT2D eigenvalue weighted by molar-refractivity contribution is 7.09.